The van der Waals surface area contributed by atoms with Crippen molar-refractivity contribution in [2.24, 2.45) is 0 Å². The fraction of sp³-hybridized carbons (Fsp3) is 0.333. The Labute approximate surface area is 191 Å². The van der Waals surface area contributed by atoms with Gasteiger partial charge in [-0.25, -0.2) is 0 Å². The number of ether oxygens (including phenoxy) is 1. The van der Waals surface area contributed by atoms with Crippen LogP contribution in [0.4, 0.5) is 10.8 Å². The maximum Gasteiger partial charge on any atom is 0.227 e. The second kappa shape index (κ2) is 9.91. The lowest BCUT2D eigenvalue weighted by Gasteiger charge is -2.17. The normalized spacial score (nSPS) is 15.8. The van der Waals surface area contributed by atoms with E-state index in [1.165, 1.54) is 16.9 Å². The zero-order chi connectivity index (χ0) is 22.5. The highest BCUT2D eigenvalue weighted by molar-refractivity contribution is 7.15. The smallest absolute Gasteiger partial charge is 0.227 e. The summed E-state index contributed by atoms with van der Waals surface area (Å²) in [5.74, 6) is 0.732. The second-order valence-electron chi connectivity index (χ2n) is 7.93. The molecular formula is C24H26N4O3S. The van der Waals surface area contributed by atoms with E-state index in [0.29, 0.717) is 37.5 Å². The first-order valence-corrected chi connectivity index (χ1v) is 11.5. The Balaban J connectivity index is 1.27. The number of hydrogen-bond acceptors (Lipinski definition) is 6. The van der Waals surface area contributed by atoms with E-state index in [9.17, 15) is 9.59 Å². The van der Waals surface area contributed by atoms with Crippen molar-refractivity contribution in [3.8, 4) is 5.75 Å². The molecule has 8 heteroatoms. The molecular weight excluding hydrogens is 424 g/mol. The lowest BCUT2D eigenvalue weighted by molar-refractivity contribution is -0.117. The largest absolute Gasteiger partial charge is 0.494 e. The van der Waals surface area contributed by atoms with E-state index >= 15 is 0 Å². The number of hydrogen-bond donors (Lipinski definition) is 1. The number of rotatable bonds is 8. The third kappa shape index (κ3) is 5.31. The molecule has 1 fully saturated rings. The van der Waals surface area contributed by atoms with Gasteiger partial charge in [-0.15, -0.1) is 10.2 Å². The van der Waals surface area contributed by atoms with Crippen LogP contribution in [0, 0.1) is 13.8 Å². The Morgan fingerprint density at radius 2 is 1.97 bits per heavy atom. The summed E-state index contributed by atoms with van der Waals surface area (Å²) in [6.45, 7) is 5.14. The van der Waals surface area contributed by atoms with E-state index in [1.54, 1.807) is 0 Å². The maximum absolute atomic E-state index is 12.6. The van der Waals surface area contributed by atoms with Crippen LogP contribution in [0.2, 0.25) is 0 Å². The molecule has 2 amide bonds. The minimum Gasteiger partial charge on any atom is -0.494 e. The van der Waals surface area contributed by atoms with Gasteiger partial charge in [0.1, 0.15) is 10.8 Å². The minimum atomic E-state index is -0.122. The van der Waals surface area contributed by atoms with Gasteiger partial charge in [-0.3, -0.25) is 9.59 Å². The zero-order valence-corrected chi connectivity index (χ0v) is 19.0. The SMILES string of the molecule is Cc1ccc(N2CC(c3nnc(NC(=O)CCCOc4ccccc4)s3)CC2=O)cc1C. The van der Waals surface area contributed by atoms with Crippen LogP contribution in [0.1, 0.15) is 41.3 Å². The Hall–Kier alpha value is -3.26. The van der Waals surface area contributed by atoms with Crippen LogP contribution in [-0.4, -0.2) is 35.2 Å². The molecule has 7 nitrogen and oxygen atoms in total. The molecule has 2 aromatic carbocycles. The van der Waals surface area contributed by atoms with Crippen LogP contribution in [0.3, 0.4) is 0 Å². The quantitative estimate of drug-likeness (QED) is 0.512. The van der Waals surface area contributed by atoms with Crippen molar-refractivity contribution in [2.75, 3.05) is 23.4 Å². The number of para-hydroxylation sites is 1. The van der Waals surface area contributed by atoms with Crippen molar-refractivity contribution < 1.29 is 14.3 Å². The molecule has 32 heavy (non-hydrogen) atoms. The summed E-state index contributed by atoms with van der Waals surface area (Å²) in [5.41, 5.74) is 3.28. The van der Waals surface area contributed by atoms with Gasteiger partial charge in [0.15, 0.2) is 0 Å². The van der Waals surface area contributed by atoms with E-state index in [0.717, 1.165) is 22.0 Å². The number of amides is 2. The van der Waals surface area contributed by atoms with Crippen LogP contribution in [0.15, 0.2) is 48.5 Å². The van der Waals surface area contributed by atoms with Crippen molar-refractivity contribution in [3.05, 3.63) is 64.7 Å². The molecule has 2 heterocycles. The molecule has 1 unspecified atom stereocenters. The maximum atomic E-state index is 12.6. The highest BCUT2D eigenvalue weighted by Crippen LogP contribution is 2.34. The number of aromatic nitrogens is 2. The van der Waals surface area contributed by atoms with Gasteiger partial charge in [-0.2, -0.15) is 0 Å². The Morgan fingerprint density at radius 1 is 1.16 bits per heavy atom. The first kappa shape index (κ1) is 22.0. The average Bonchev–Trinajstić information content (AvgIpc) is 3.40. The van der Waals surface area contributed by atoms with Crippen LogP contribution < -0.4 is 15.0 Å². The summed E-state index contributed by atoms with van der Waals surface area (Å²) in [6.07, 6.45) is 1.34. The van der Waals surface area contributed by atoms with Crippen molar-refractivity contribution in [3.63, 3.8) is 0 Å². The highest BCUT2D eigenvalue weighted by atomic mass is 32.1. The number of carbonyl (C=O) groups is 2. The van der Waals surface area contributed by atoms with Crippen LogP contribution in [0.5, 0.6) is 5.75 Å². The summed E-state index contributed by atoms with van der Waals surface area (Å²) in [6, 6.07) is 15.6. The van der Waals surface area contributed by atoms with Crippen LogP contribution in [0.25, 0.3) is 0 Å². The molecule has 0 bridgehead atoms. The van der Waals surface area contributed by atoms with Gasteiger partial charge in [-0.1, -0.05) is 35.6 Å². The number of nitrogens with zero attached hydrogens (tertiary/aromatic N) is 3. The molecule has 0 radical (unpaired) electrons. The Morgan fingerprint density at radius 3 is 2.75 bits per heavy atom. The molecule has 0 saturated carbocycles. The third-order valence-electron chi connectivity index (χ3n) is 5.52. The molecule has 0 aliphatic carbocycles. The first-order valence-electron chi connectivity index (χ1n) is 10.7. The van der Waals surface area contributed by atoms with Crippen LogP contribution in [-0.2, 0) is 9.59 Å². The second-order valence-corrected chi connectivity index (χ2v) is 8.94. The van der Waals surface area contributed by atoms with E-state index in [4.69, 9.17) is 4.74 Å². The predicted molar refractivity (Wildman–Crippen MR) is 125 cm³/mol. The van der Waals surface area contributed by atoms with E-state index in [-0.39, 0.29) is 17.7 Å². The van der Waals surface area contributed by atoms with Crippen molar-refractivity contribution in [2.45, 2.75) is 39.0 Å². The average molecular weight is 451 g/mol. The minimum absolute atomic E-state index is 0.0217. The molecule has 1 aromatic heterocycles. The fourth-order valence-corrected chi connectivity index (χ4v) is 4.44. The van der Waals surface area contributed by atoms with Crippen molar-refractivity contribution >= 4 is 34.0 Å². The number of nitrogens with one attached hydrogen (secondary N) is 1. The Kier molecular flexibility index (Phi) is 6.80. The molecule has 4 rings (SSSR count). The third-order valence-corrected chi connectivity index (χ3v) is 6.52. The highest BCUT2D eigenvalue weighted by Gasteiger charge is 2.34. The van der Waals surface area contributed by atoms with Gasteiger partial charge in [0, 0.05) is 31.0 Å². The van der Waals surface area contributed by atoms with Crippen molar-refractivity contribution in [1.82, 2.24) is 10.2 Å². The number of benzene rings is 2. The van der Waals surface area contributed by atoms with Gasteiger partial charge >= 0.3 is 0 Å². The molecule has 3 aromatic rings. The lowest BCUT2D eigenvalue weighted by Crippen LogP contribution is -2.24. The molecule has 166 valence electrons. The molecule has 1 aliphatic heterocycles. The molecule has 1 aliphatic rings. The lowest BCUT2D eigenvalue weighted by atomic mass is 10.1. The molecule has 1 saturated heterocycles. The van der Waals surface area contributed by atoms with E-state index in [1.807, 2.05) is 60.4 Å². The summed E-state index contributed by atoms with van der Waals surface area (Å²) in [4.78, 5) is 26.6. The molecule has 1 atom stereocenters. The summed E-state index contributed by atoms with van der Waals surface area (Å²) in [5, 5.41) is 12.4. The predicted octanol–water partition coefficient (Wildman–Crippen LogP) is 4.47. The van der Waals surface area contributed by atoms with Gasteiger partial charge < -0.3 is 15.0 Å². The van der Waals surface area contributed by atoms with Gasteiger partial charge in [-0.05, 0) is 55.7 Å². The summed E-state index contributed by atoms with van der Waals surface area (Å²) >= 11 is 1.34. The standard InChI is InChI=1S/C24H26N4O3S/c1-16-10-11-19(13-17(16)2)28-15-18(14-22(28)30)23-26-27-24(32-23)25-21(29)9-6-12-31-20-7-4-3-5-8-20/h3-5,7-8,10-11,13,18H,6,9,12,14-15H2,1-2H3,(H,25,27,29). The first-order chi connectivity index (χ1) is 15.5. The molecule has 0 spiro atoms. The van der Waals surface area contributed by atoms with Gasteiger partial charge in [0.2, 0.25) is 16.9 Å². The van der Waals surface area contributed by atoms with Crippen molar-refractivity contribution in [1.29, 1.82) is 0 Å². The molecule has 1 N–H and O–H groups in total. The van der Waals surface area contributed by atoms with Crippen LogP contribution >= 0.6 is 11.3 Å². The van der Waals surface area contributed by atoms with E-state index in [2.05, 4.69) is 22.4 Å². The fourth-order valence-electron chi connectivity index (χ4n) is 3.59. The summed E-state index contributed by atoms with van der Waals surface area (Å²) in [7, 11) is 0. The zero-order valence-electron chi connectivity index (χ0n) is 18.2. The topological polar surface area (TPSA) is 84.4 Å². The van der Waals surface area contributed by atoms with E-state index < -0.39 is 0 Å². The number of aryl methyl sites for hydroxylation is 2. The van der Waals surface area contributed by atoms with Gasteiger partial charge in [0.05, 0.1) is 6.61 Å². The number of anilines is 2. The number of carbonyl (C=O) groups excluding carboxylic acids is 2. The monoisotopic (exact) mass is 450 g/mol. The summed E-state index contributed by atoms with van der Waals surface area (Å²) < 4.78 is 5.61. The Bertz CT molecular complexity index is 1100. The van der Waals surface area contributed by atoms with Gasteiger partial charge in [0.25, 0.3) is 0 Å².